The number of nitrogens with zero attached hydrogens (tertiary/aromatic N) is 1. The summed E-state index contributed by atoms with van der Waals surface area (Å²) in [6, 6.07) is 8.92. The molecule has 0 aromatic heterocycles. The lowest BCUT2D eigenvalue weighted by Gasteiger charge is -2.08. The number of phenolic OH excluding ortho intramolecular Hbond substituents is 1. The summed E-state index contributed by atoms with van der Waals surface area (Å²) >= 11 is 6.42. The average molecular weight is 389 g/mol. The monoisotopic (exact) mass is 387 g/mol. The van der Waals surface area contributed by atoms with Gasteiger partial charge in [0.15, 0.2) is 0 Å². The van der Waals surface area contributed by atoms with E-state index in [2.05, 4.69) is 31.9 Å². The molecule has 0 saturated heterocycles. The van der Waals surface area contributed by atoms with Crippen LogP contribution in [0, 0.1) is 10.1 Å². The molecule has 0 spiro atoms. The Kier molecular flexibility index (Phi) is 4.06. The molecule has 0 heterocycles. The van der Waals surface area contributed by atoms with Crippen molar-refractivity contribution in [1.29, 1.82) is 0 Å². The molecular formula is C12H7Br2NO4. The first-order valence-electron chi connectivity index (χ1n) is 5.07. The molecule has 0 aliphatic carbocycles. The third-order valence-corrected chi connectivity index (χ3v) is 3.40. The molecule has 0 aliphatic rings. The summed E-state index contributed by atoms with van der Waals surface area (Å²) in [5, 5.41) is 20.4. The van der Waals surface area contributed by atoms with Gasteiger partial charge in [0.05, 0.1) is 9.40 Å². The van der Waals surface area contributed by atoms with E-state index in [0.29, 0.717) is 14.7 Å². The molecule has 2 aromatic rings. The molecule has 0 atom stereocenters. The molecule has 0 aliphatic heterocycles. The highest BCUT2D eigenvalue weighted by Gasteiger charge is 2.17. The van der Waals surface area contributed by atoms with E-state index < -0.39 is 4.92 Å². The van der Waals surface area contributed by atoms with Crippen molar-refractivity contribution in [2.75, 3.05) is 0 Å². The van der Waals surface area contributed by atoms with E-state index in [-0.39, 0.29) is 17.2 Å². The Morgan fingerprint density at radius 1 is 1.11 bits per heavy atom. The van der Waals surface area contributed by atoms with Crippen LogP contribution in [0.3, 0.4) is 0 Å². The Morgan fingerprint density at radius 3 is 2.53 bits per heavy atom. The Hall–Kier alpha value is -1.60. The van der Waals surface area contributed by atoms with Crippen molar-refractivity contribution in [3.63, 3.8) is 0 Å². The SMILES string of the molecule is O=[N+]([O-])c1cc(Br)ccc1Oc1cc(O)ccc1Br. The predicted molar refractivity (Wildman–Crippen MR) is 76.7 cm³/mol. The van der Waals surface area contributed by atoms with Gasteiger partial charge in [-0.2, -0.15) is 0 Å². The van der Waals surface area contributed by atoms with Crippen LogP contribution in [-0.4, -0.2) is 10.0 Å². The lowest BCUT2D eigenvalue weighted by molar-refractivity contribution is -0.385. The molecule has 0 saturated carbocycles. The number of rotatable bonds is 3. The van der Waals surface area contributed by atoms with E-state index in [0.717, 1.165) is 0 Å². The first-order chi connectivity index (χ1) is 8.97. The van der Waals surface area contributed by atoms with Gasteiger partial charge >= 0.3 is 5.69 Å². The summed E-state index contributed by atoms with van der Waals surface area (Å²) in [6.45, 7) is 0. The molecule has 19 heavy (non-hydrogen) atoms. The highest BCUT2D eigenvalue weighted by atomic mass is 79.9. The summed E-state index contributed by atoms with van der Waals surface area (Å²) in [5.41, 5.74) is -0.162. The zero-order valence-corrected chi connectivity index (χ0v) is 12.5. The Labute approximate surface area is 125 Å². The number of halogens is 2. The van der Waals surface area contributed by atoms with Gasteiger partial charge in [0.1, 0.15) is 11.5 Å². The first kappa shape index (κ1) is 13.8. The lowest BCUT2D eigenvalue weighted by atomic mass is 10.3. The van der Waals surface area contributed by atoms with E-state index >= 15 is 0 Å². The number of hydrogen-bond donors (Lipinski definition) is 1. The summed E-state index contributed by atoms with van der Waals surface area (Å²) in [7, 11) is 0. The van der Waals surface area contributed by atoms with Gasteiger partial charge in [-0.05, 0) is 40.2 Å². The minimum Gasteiger partial charge on any atom is -0.508 e. The maximum Gasteiger partial charge on any atom is 0.312 e. The van der Waals surface area contributed by atoms with Gasteiger partial charge < -0.3 is 9.84 Å². The average Bonchev–Trinajstić information content (AvgIpc) is 2.35. The van der Waals surface area contributed by atoms with Crippen molar-refractivity contribution in [3.05, 3.63) is 55.5 Å². The topological polar surface area (TPSA) is 72.6 Å². The van der Waals surface area contributed by atoms with Crippen LogP contribution >= 0.6 is 31.9 Å². The zero-order chi connectivity index (χ0) is 14.0. The second-order valence-corrected chi connectivity index (χ2v) is 5.36. The van der Waals surface area contributed by atoms with E-state index in [1.54, 1.807) is 12.1 Å². The molecule has 0 radical (unpaired) electrons. The smallest absolute Gasteiger partial charge is 0.312 e. The first-order valence-corrected chi connectivity index (χ1v) is 6.66. The molecule has 7 heteroatoms. The fourth-order valence-electron chi connectivity index (χ4n) is 1.41. The minimum absolute atomic E-state index is 0.0120. The molecule has 0 amide bonds. The predicted octanol–water partition coefficient (Wildman–Crippen LogP) is 4.62. The highest BCUT2D eigenvalue weighted by Crippen LogP contribution is 2.37. The van der Waals surface area contributed by atoms with E-state index in [1.165, 1.54) is 24.3 Å². The van der Waals surface area contributed by atoms with Gasteiger partial charge in [0, 0.05) is 16.6 Å². The standard InChI is InChI=1S/C12H7Br2NO4/c13-7-1-4-11(10(5-7)15(17)18)19-12-6-8(16)2-3-9(12)14/h1-6,16H. The largest absolute Gasteiger partial charge is 0.508 e. The van der Waals surface area contributed by atoms with Gasteiger partial charge in [-0.3, -0.25) is 10.1 Å². The number of aromatic hydroxyl groups is 1. The molecule has 2 rings (SSSR count). The van der Waals surface area contributed by atoms with Crippen molar-refractivity contribution in [1.82, 2.24) is 0 Å². The van der Waals surface area contributed by atoms with E-state index in [1.807, 2.05) is 0 Å². The number of ether oxygens (including phenoxy) is 1. The molecule has 2 aromatic carbocycles. The third-order valence-electron chi connectivity index (χ3n) is 2.25. The maximum absolute atomic E-state index is 11.0. The van der Waals surface area contributed by atoms with Crippen LogP contribution in [-0.2, 0) is 0 Å². The zero-order valence-electron chi connectivity index (χ0n) is 9.34. The number of hydrogen-bond acceptors (Lipinski definition) is 4. The summed E-state index contributed by atoms with van der Waals surface area (Å²) in [6.07, 6.45) is 0. The normalized spacial score (nSPS) is 10.2. The molecule has 0 fully saturated rings. The fraction of sp³-hybridized carbons (Fsp3) is 0. The number of nitro groups is 1. The maximum atomic E-state index is 11.0. The highest BCUT2D eigenvalue weighted by molar-refractivity contribution is 9.10. The van der Waals surface area contributed by atoms with Crippen molar-refractivity contribution in [2.24, 2.45) is 0 Å². The number of phenols is 1. The van der Waals surface area contributed by atoms with Crippen LogP contribution in [0.4, 0.5) is 5.69 Å². The van der Waals surface area contributed by atoms with Crippen LogP contribution < -0.4 is 4.74 Å². The van der Waals surface area contributed by atoms with Crippen LogP contribution in [0.2, 0.25) is 0 Å². The quantitative estimate of drug-likeness (QED) is 0.615. The summed E-state index contributed by atoms with van der Waals surface area (Å²) < 4.78 is 6.64. The van der Waals surface area contributed by atoms with Crippen LogP contribution in [0.15, 0.2) is 45.3 Å². The van der Waals surface area contributed by atoms with Gasteiger partial charge in [0.2, 0.25) is 5.75 Å². The molecular weight excluding hydrogens is 382 g/mol. The van der Waals surface area contributed by atoms with E-state index in [9.17, 15) is 15.2 Å². The molecule has 1 N–H and O–H groups in total. The molecule has 0 bridgehead atoms. The second kappa shape index (κ2) is 5.58. The summed E-state index contributed by atoms with van der Waals surface area (Å²) in [5.74, 6) is 0.405. The van der Waals surface area contributed by atoms with Crippen LogP contribution in [0.25, 0.3) is 0 Å². The van der Waals surface area contributed by atoms with Crippen molar-refractivity contribution in [3.8, 4) is 17.2 Å². The number of benzene rings is 2. The van der Waals surface area contributed by atoms with Crippen molar-refractivity contribution in [2.45, 2.75) is 0 Å². The van der Waals surface area contributed by atoms with Crippen LogP contribution in [0.1, 0.15) is 0 Å². The van der Waals surface area contributed by atoms with Crippen molar-refractivity contribution >= 4 is 37.5 Å². The van der Waals surface area contributed by atoms with E-state index in [4.69, 9.17) is 4.74 Å². The van der Waals surface area contributed by atoms with Gasteiger partial charge in [-0.25, -0.2) is 0 Å². The molecule has 98 valence electrons. The number of nitro benzene ring substituents is 1. The van der Waals surface area contributed by atoms with Crippen molar-refractivity contribution < 1.29 is 14.8 Å². The minimum atomic E-state index is -0.531. The Bertz CT molecular complexity index is 646. The van der Waals surface area contributed by atoms with Gasteiger partial charge in [-0.1, -0.05) is 15.9 Å². The molecule has 0 unspecified atom stereocenters. The fourth-order valence-corrected chi connectivity index (χ4v) is 2.08. The Morgan fingerprint density at radius 2 is 1.84 bits per heavy atom. The third kappa shape index (κ3) is 3.24. The second-order valence-electron chi connectivity index (χ2n) is 3.59. The lowest BCUT2D eigenvalue weighted by Crippen LogP contribution is -1.94. The van der Waals surface area contributed by atoms with Gasteiger partial charge in [0.25, 0.3) is 0 Å². The summed E-state index contributed by atoms with van der Waals surface area (Å²) in [4.78, 5) is 10.4. The van der Waals surface area contributed by atoms with Gasteiger partial charge in [-0.15, -0.1) is 0 Å². The van der Waals surface area contributed by atoms with Crippen LogP contribution in [0.5, 0.6) is 17.2 Å². The molecule has 5 nitrogen and oxygen atoms in total. The Balaban J connectivity index is 2.43.